The van der Waals surface area contributed by atoms with Crippen LogP contribution in [0.15, 0.2) is 48.8 Å². The van der Waals surface area contributed by atoms with Crippen LogP contribution >= 0.6 is 0 Å². The fourth-order valence-electron chi connectivity index (χ4n) is 2.53. The number of benzene rings is 1. The highest BCUT2D eigenvalue weighted by molar-refractivity contribution is 5.93. The summed E-state index contributed by atoms with van der Waals surface area (Å²) in [6.45, 7) is 2.08. The first-order valence-corrected chi connectivity index (χ1v) is 7.79. The van der Waals surface area contributed by atoms with Crippen LogP contribution in [0, 0.1) is 17.0 Å². The maximum Gasteiger partial charge on any atom is 0.276 e. The van der Waals surface area contributed by atoms with E-state index in [1.54, 1.807) is 44.6 Å². The van der Waals surface area contributed by atoms with E-state index in [4.69, 9.17) is 0 Å². The largest absolute Gasteiger partial charge is 0.336 e. The van der Waals surface area contributed by atoms with Crippen LogP contribution in [0.3, 0.4) is 0 Å². The predicted octanol–water partition coefficient (Wildman–Crippen LogP) is 2.15. The summed E-state index contributed by atoms with van der Waals surface area (Å²) in [5, 5.41) is 18.9. The SMILES string of the molecule is Cc1c(C(=O)N(C)Cc2cccnc2)nnn1-c1cccc([N+](=O)[O-])c1. The van der Waals surface area contributed by atoms with E-state index >= 15 is 0 Å². The molecule has 9 nitrogen and oxygen atoms in total. The van der Waals surface area contributed by atoms with Crippen molar-refractivity contribution >= 4 is 11.6 Å². The van der Waals surface area contributed by atoms with Gasteiger partial charge in [0.25, 0.3) is 11.6 Å². The molecule has 1 aromatic carbocycles. The second-order valence-corrected chi connectivity index (χ2v) is 5.73. The van der Waals surface area contributed by atoms with Gasteiger partial charge in [0.05, 0.1) is 16.3 Å². The van der Waals surface area contributed by atoms with Crippen molar-refractivity contribution in [3.8, 4) is 5.69 Å². The average molecular weight is 352 g/mol. The topological polar surface area (TPSA) is 107 Å². The van der Waals surface area contributed by atoms with E-state index in [1.807, 2.05) is 6.07 Å². The van der Waals surface area contributed by atoms with Gasteiger partial charge in [0, 0.05) is 38.1 Å². The smallest absolute Gasteiger partial charge is 0.276 e. The van der Waals surface area contributed by atoms with Gasteiger partial charge in [-0.05, 0) is 24.6 Å². The number of carbonyl (C=O) groups excluding carboxylic acids is 1. The summed E-state index contributed by atoms with van der Waals surface area (Å²) in [5.74, 6) is -0.289. The van der Waals surface area contributed by atoms with Gasteiger partial charge in [-0.15, -0.1) is 5.10 Å². The van der Waals surface area contributed by atoms with E-state index in [2.05, 4.69) is 15.3 Å². The molecule has 0 radical (unpaired) electrons. The van der Waals surface area contributed by atoms with Gasteiger partial charge in [0.2, 0.25) is 0 Å². The lowest BCUT2D eigenvalue weighted by Crippen LogP contribution is -2.27. The number of rotatable bonds is 5. The molecule has 2 aromatic heterocycles. The monoisotopic (exact) mass is 352 g/mol. The summed E-state index contributed by atoms with van der Waals surface area (Å²) in [5.41, 5.74) is 2.01. The van der Waals surface area contributed by atoms with Gasteiger partial charge >= 0.3 is 0 Å². The minimum atomic E-state index is -0.483. The maximum absolute atomic E-state index is 12.7. The molecule has 0 bridgehead atoms. The predicted molar refractivity (Wildman–Crippen MR) is 92.8 cm³/mol. The van der Waals surface area contributed by atoms with Crippen LogP contribution in [0.4, 0.5) is 5.69 Å². The Kier molecular flexibility index (Phi) is 4.70. The lowest BCUT2D eigenvalue weighted by molar-refractivity contribution is -0.384. The normalized spacial score (nSPS) is 10.5. The van der Waals surface area contributed by atoms with Crippen molar-refractivity contribution < 1.29 is 9.72 Å². The molecule has 0 N–H and O–H groups in total. The molecule has 132 valence electrons. The number of hydrogen-bond donors (Lipinski definition) is 0. The fraction of sp³-hybridized carbons (Fsp3) is 0.176. The highest BCUT2D eigenvalue weighted by Gasteiger charge is 2.21. The third-order valence-electron chi connectivity index (χ3n) is 3.87. The number of hydrogen-bond acceptors (Lipinski definition) is 6. The van der Waals surface area contributed by atoms with Crippen LogP contribution in [0.2, 0.25) is 0 Å². The van der Waals surface area contributed by atoms with Crippen LogP contribution in [-0.4, -0.2) is 42.8 Å². The van der Waals surface area contributed by atoms with Crippen LogP contribution in [0.1, 0.15) is 21.7 Å². The third kappa shape index (κ3) is 3.41. The molecule has 0 aliphatic carbocycles. The molecule has 0 aliphatic heterocycles. The molecule has 0 aliphatic rings. The summed E-state index contributed by atoms with van der Waals surface area (Å²) in [6.07, 6.45) is 3.36. The first-order chi connectivity index (χ1) is 12.5. The number of pyridine rings is 1. The van der Waals surface area contributed by atoms with Crippen LogP contribution in [-0.2, 0) is 6.54 Å². The summed E-state index contributed by atoms with van der Waals surface area (Å²) >= 11 is 0. The van der Waals surface area contributed by atoms with Gasteiger partial charge < -0.3 is 4.90 Å². The molecule has 26 heavy (non-hydrogen) atoms. The Morgan fingerprint density at radius 2 is 2.12 bits per heavy atom. The number of carbonyl (C=O) groups is 1. The summed E-state index contributed by atoms with van der Waals surface area (Å²) in [4.78, 5) is 28.7. The molecule has 3 aromatic rings. The van der Waals surface area contributed by atoms with Crippen molar-refractivity contribution in [2.45, 2.75) is 13.5 Å². The lowest BCUT2D eigenvalue weighted by atomic mass is 10.2. The van der Waals surface area contributed by atoms with Gasteiger partial charge in [-0.3, -0.25) is 19.9 Å². The van der Waals surface area contributed by atoms with Gasteiger partial charge in [0.15, 0.2) is 5.69 Å². The average Bonchev–Trinajstić information content (AvgIpc) is 3.03. The number of aromatic nitrogens is 4. The van der Waals surface area contributed by atoms with Gasteiger partial charge in [0.1, 0.15) is 0 Å². The second-order valence-electron chi connectivity index (χ2n) is 5.73. The zero-order valence-corrected chi connectivity index (χ0v) is 14.2. The highest BCUT2D eigenvalue weighted by atomic mass is 16.6. The van der Waals surface area contributed by atoms with Crippen LogP contribution in [0.25, 0.3) is 5.69 Å². The summed E-state index contributed by atoms with van der Waals surface area (Å²) in [7, 11) is 1.67. The molecule has 1 amide bonds. The Morgan fingerprint density at radius 3 is 2.81 bits per heavy atom. The minimum Gasteiger partial charge on any atom is -0.336 e. The number of non-ortho nitro benzene ring substituents is 1. The summed E-state index contributed by atoms with van der Waals surface area (Å²) in [6, 6.07) is 9.69. The van der Waals surface area contributed by atoms with E-state index in [-0.39, 0.29) is 17.3 Å². The van der Waals surface area contributed by atoms with Crippen molar-refractivity contribution in [2.24, 2.45) is 0 Å². The lowest BCUT2D eigenvalue weighted by Gasteiger charge is -2.16. The molecule has 0 spiro atoms. The Balaban J connectivity index is 1.85. The molecule has 9 heteroatoms. The number of nitro benzene ring substituents is 1. The van der Waals surface area contributed by atoms with Crippen molar-refractivity contribution in [3.63, 3.8) is 0 Å². The highest BCUT2D eigenvalue weighted by Crippen LogP contribution is 2.19. The Morgan fingerprint density at radius 1 is 1.31 bits per heavy atom. The molecular formula is C17H16N6O3. The molecule has 0 saturated carbocycles. The Labute approximate surface area is 149 Å². The zero-order chi connectivity index (χ0) is 18.7. The van der Waals surface area contributed by atoms with Gasteiger partial charge in [-0.25, -0.2) is 4.68 Å². The maximum atomic E-state index is 12.7. The third-order valence-corrected chi connectivity index (χ3v) is 3.87. The molecule has 0 saturated heterocycles. The van der Waals surface area contributed by atoms with Crippen LogP contribution in [0.5, 0.6) is 0 Å². The minimum absolute atomic E-state index is 0.0565. The zero-order valence-electron chi connectivity index (χ0n) is 14.2. The second kappa shape index (κ2) is 7.09. The Bertz CT molecular complexity index is 954. The number of amides is 1. The summed E-state index contributed by atoms with van der Waals surface area (Å²) < 4.78 is 1.41. The number of nitrogens with zero attached hydrogens (tertiary/aromatic N) is 6. The van der Waals surface area contributed by atoms with Crippen LogP contribution < -0.4 is 0 Å². The van der Waals surface area contributed by atoms with Gasteiger partial charge in [-0.1, -0.05) is 17.3 Å². The number of nitro groups is 1. The molecule has 2 heterocycles. The standard InChI is InChI=1S/C17H16N6O3/c1-12-16(17(24)21(2)11-13-5-4-8-18-10-13)19-20-22(12)14-6-3-7-15(9-14)23(25)26/h3-10H,11H2,1-2H3. The van der Waals surface area contributed by atoms with E-state index < -0.39 is 4.92 Å². The first-order valence-electron chi connectivity index (χ1n) is 7.79. The molecule has 0 atom stereocenters. The van der Waals surface area contributed by atoms with Crippen molar-refractivity contribution in [3.05, 3.63) is 75.9 Å². The van der Waals surface area contributed by atoms with Crippen molar-refractivity contribution in [1.29, 1.82) is 0 Å². The van der Waals surface area contributed by atoms with E-state index in [0.717, 1.165) is 5.56 Å². The molecule has 3 rings (SSSR count). The van der Waals surface area contributed by atoms with E-state index in [9.17, 15) is 14.9 Å². The van der Waals surface area contributed by atoms with Crippen molar-refractivity contribution in [2.75, 3.05) is 7.05 Å². The van der Waals surface area contributed by atoms with Crippen molar-refractivity contribution in [1.82, 2.24) is 24.9 Å². The molecular weight excluding hydrogens is 336 g/mol. The van der Waals surface area contributed by atoms with E-state index in [1.165, 1.54) is 21.7 Å². The molecule has 0 unspecified atom stereocenters. The first kappa shape index (κ1) is 17.2. The van der Waals surface area contributed by atoms with E-state index in [0.29, 0.717) is 17.9 Å². The molecule has 0 fully saturated rings. The fourth-order valence-corrected chi connectivity index (χ4v) is 2.53. The van der Waals surface area contributed by atoms with Gasteiger partial charge in [-0.2, -0.15) is 0 Å². The Hall–Kier alpha value is -3.62. The quantitative estimate of drug-likeness (QED) is 0.514.